The van der Waals surface area contributed by atoms with Gasteiger partial charge in [0.2, 0.25) is 0 Å². The monoisotopic (exact) mass is 454 g/mol. The van der Waals surface area contributed by atoms with Crippen LogP contribution >= 0.6 is 24.0 Å². The zero-order valence-electron chi connectivity index (χ0n) is 14.8. The van der Waals surface area contributed by atoms with Crippen LogP contribution in [0.3, 0.4) is 0 Å². The largest absolute Gasteiger partial charge is 0.374 e. The topological polar surface area (TPSA) is 58.5 Å². The van der Waals surface area contributed by atoms with E-state index in [0.717, 1.165) is 24.6 Å². The molecule has 1 heterocycles. The van der Waals surface area contributed by atoms with Crippen LogP contribution in [0.1, 0.15) is 30.7 Å². The molecule has 0 amide bonds. The number of hydrogen-bond donors (Lipinski definition) is 2. The van der Waals surface area contributed by atoms with Gasteiger partial charge in [0.1, 0.15) is 0 Å². The van der Waals surface area contributed by atoms with Crippen LogP contribution in [0, 0.1) is 0 Å². The van der Waals surface area contributed by atoms with Gasteiger partial charge >= 0.3 is 0 Å². The molecular formula is C19H27IN4O. The van der Waals surface area contributed by atoms with Gasteiger partial charge in [-0.15, -0.1) is 24.0 Å². The summed E-state index contributed by atoms with van der Waals surface area (Å²) < 4.78 is 5.86. The Hall–Kier alpha value is -1.67. The number of ether oxygens (including phenoxy) is 1. The summed E-state index contributed by atoms with van der Waals surface area (Å²) in [5, 5.41) is 6.53. The van der Waals surface area contributed by atoms with E-state index >= 15 is 0 Å². The predicted octanol–water partition coefficient (Wildman–Crippen LogP) is 3.53. The van der Waals surface area contributed by atoms with E-state index in [1.165, 1.54) is 5.56 Å². The highest BCUT2D eigenvalue weighted by atomic mass is 127. The van der Waals surface area contributed by atoms with Gasteiger partial charge in [-0.05, 0) is 31.0 Å². The van der Waals surface area contributed by atoms with Crippen LogP contribution in [0.2, 0.25) is 0 Å². The third kappa shape index (κ3) is 8.31. The first-order valence-electron chi connectivity index (χ1n) is 8.30. The standard InChI is InChI=1S/C19H26N4O.HI/c1-16(17-9-4-3-5-10-17)24-14-8-13-22-19(20-2)23-15-18-11-6-7-12-21-18;/h3-7,9-12,16H,8,13-15H2,1-2H3,(H2,20,22,23);1H. The van der Waals surface area contributed by atoms with E-state index in [2.05, 4.69) is 39.7 Å². The van der Waals surface area contributed by atoms with Crippen molar-refractivity contribution in [2.24, 2.45) is 4.99 Å². The van der Waals surface area contributed by atoms with Gasteiger partial charge in [0.25, 0.3) is 0 Å². The molecule has 0 fully saturated rings. The highest BCUT2D eigenvalue weighted by Crippen LogP contribution is 2.15. The highest BCUT2D eigenvalue weighted by Gasteiger charge is 2.04. The Kier molecular flexibility index (Phi) is 10.8. The molecule has 25 heavy (non-hydrogen) atoms. The predicted molar refractivity (Wildman–Crippen MR) is 113 cm³/mol. The second-order valence-corrected chi connectivity index (χ2v) is 5.45. The minimum Gasteiger partial charge on any atom is -0.374 e. The number of nitrogens with zero attached hydrogens (tertiary/aromatic N) is 2. The van der Waals surface area contributed by atoms with Crippen LogP contribution < -0.4 is 10.6 Å². The van der Waals surface area contributed by atoms with Crippen LogP contribution in [0.25, 0.3) is 0 Å². The summed E-state index contributed by atoms with van der Waals surface area (Å²) in [5.74, 6) is 0.775. The Morgan fingerprint density at radius 3 is 2.56 bits per heavy atom. The zero-order chi connectivity index (χ0) is 17.0. The average Bonchev–Trinajstić information content (AvgIpc) is 2.65. The van der Waals surface area contributed by atoms with Gasteiger partial charge < -0.3 is 15.4 Å². The zero-order valence-corrected chi connectivity index (χ0v) is 17.1. The molecule has 136 valence electrons. The summed E-state index contributed by atoms with van der Waals surface area (Å²) in [7, 11) is 1.77. The summed E-state index contributed by atoms with van der Waals surface area (Å²) in [6.07, 6.45) is 2.83. The molecule has 1 aromatic heterocycles. The van der Waals surface area contributed by atoms with Crippen molar-refractivity contribution in [1.29, 1.82) is 0 Å². The summed E-state index contributed by atoms with van der Waals surface area (Å²) in [5.41, 5.74) is 2.19. The van der Waals surface area contributed by atoms with Crippen LogP contribution in [0.4, 0.5) is 0 Å². The van der Waals surface area contributed by atoms with Crippen molar-refractivity contribution in [3.05, 3.63) is 66.0 Å². The van der Waals surface area contributed by atoms with E-state index in [0.29, 0.717) is 13.2 Å². The number of aromatic nitrogens is 1. The maximum Gasteiger partial charge on any atom is 0.191 e. The van der Waals surface area contributed by atoms with Crippen molar-refractivity contribution in [2.45, 2.75) is 26.0 Å². The molecule has 0 aliphatic carbocycles. The van der Waals surface area contributed by atoms with E-state index in [1.807, 2.05) is 36.4 Å². The Balaban J connectivity index is 0.00000312. The van der Waals surface area contributed by atoms with Gasteiger partial charge in [-0.1, -0.05) is 36.4 Å². The summed E-state index contributed by atoms with van der Waals surface area (Å²) in [6, 6.07) is 16.1. The van der Waals surface area contributed by atoms with Gasteiger partial charge in [0.15, 0.2) is 5.96 Å². The summed E-state index contributed by atoms with van der Waals surface area (Å²) >= 11 is 0. The Bertz CT molecular complexity index is 607. The molecular weight excluding hydrogens is 427 g/mol. The number of hydrogen-bond acceptors (Lipinski definition) is 3. The van der Waals surface area contributed by atoms with Crippen LogP contribution in [0.15, 0.2) is 59.7 Å². The molecule has 6 heteroatoms. The van der Waals surface area contributed by atoms with E-state index in [9.17, 15) is 0 Å². The van der Waals surface area contributed by atoms with Crippen molar-refractivity contribution in [1.82, 2.24) is 15.6 Å². The number of guanidine groups is 1. The SMILES string of the molecule is CN=C(NCCCOC(C)c1ccccc1)NCc1ccccn1.I. The van der Waals surface area contributed by atoms with Crippen molar-refractivity contribution < 1.29 is 4.74 Å². The second kappa shape index (κ2) is 12.7. The van der Waals surface area contributed by atoms with Crippen molar-refractivity contribution >= 4 is 29.9 Å². The van der Waals surface area contributed by atoms with Crippen LogP contribution in [0.5, 0.6) is 0 Å². The molecule has 0 saturated carbocycles. The quantitative estimate of drug-likeness (QED) is 0.277. The van der Waals surface area contributed by atoms with E-state index < -0.39 is 0 Å². The van der Waals surface area contributed by atoms with Crippen molar-refractivity contribution in [2.75, 3.05) is 20.2 Å². The van der Waals surface area contributed by atoms with Gasteiger partial charge in [0.05, 0.1) is 18.3 Å². The molecule has 1 unspecified atom stereocenters. The number of aliphatic imine (C=N–C) groups is 1. The molecule has 2 aromatic rings. The first kappa shape index (κ1) is 21.4. The molecule has 0 aliphatic rings. The van der Waals surface area contributed by atoms with E-state index in [-0.39, 0.29) is 30.1 Å². The highest BCUT2D eigenvalue weighted by molar-refractivity contribution is 14.0. The molecule has 0 aliphatic heterocycles. The van der Waals surface area contributed by atoms with Crippen LogP contribution in [-0.2, 0) is 11.3 Å². The molecule has 2 N–H and O–H groups in total. The third-order valence-corrected chi connectivity index (χ3v) is 3.64. The van der Waals surface area contributed by atoms with E-state index in [4.69, 9.17) is 4.74 Å². The normalized spacial score (nSPS) is 12.2. The molecule has 0 spiro atoms. The lowest BCUT2D eigenvalue weighted by atomic mass is 10.1. The minimum absolute atomic E-state index is 0. The fourth-order valence-electron chi connectivity index (χ4n) is 2.26. The van der Waals surface area contributed by atoms with Crippen molar-refractivity contribution in [3.8, 4) is 0 Å². The molecule has 2 rings (SSSR count). The number of pyridine rings is 1. The molecule has 1 aromatic carbocycles. The molecule has 0 bridgehead atoms. The molecule has 0 radical (unpaired) electrons. The molecule has 0 saturated heterocycles. The lowest BCUT2D eigenvalue weighted by molar-refractivity contribution is 0.0646. The minimum atomic E-state index is 0. The first-order chi connectivity index (χ1) is 11.8. The number of halogens is 1. The van der Waals surface area contributed by atoms with Gasteiger partial charge in [-0.2, -0.15) is 0 Å². The molecule has 5 nitrogen and oxygen atoms in total. The maximum atomic E-state index is 5.86. The van der Waals surface area contributed by atoms with E-state index in [1.54, 1.807) is 13.2 Å². The van der Waals surface area contributed by atoms with Crippen LogP contribution in [-0.4, -0.2) is 31.1 Å². The first-order valence-corrected chi connectivity index (χ1v) is 8.30. The number of rotatable bonds is 8. The maximum absolute atomic E-state index is 5.86. The lowest BCUT2D eigenvalue weighted by Crippen LogP contribution is -2.37. The fourth-order valence-corrected chi connectivity index (χ4v) is 2.26. The number of nitrogens with one attached hydrogen (secondary N) is 2. The lowest BCUT2D eigenvalue weighted by Gasteiger charge is -2.14. The summed E-state index contributed by atoms with van der Waals surface area (Å²) in [6.45, 7) is 4.25. The Morgan fingerprint density at radius 1 is 1.12 bits per heavy atom. The van der Waals surface area contributed by atoms with Gasteiger partial charge in [0, 0.05) is 26.4 Å². The Morgan fingerprint density at radius 2 is 1.88 bits per heavy atom. The fraction of sp³-hybridized carbons (Fsp3) is 0.368. The molecule has 1 atom stereocenters. The Labute approximate surface area is 167 Å². The smallest absolute Gasteiger partial charge is 0.191 e. The second-order valence-electron chi connectivity index (χ2n) is 5.45. The average molecular weight is 454 g/mol. The van der Waals surface area contributed by atoms with Gasteiger partial charge in [-0.3, -0.25) is 9.98 Å². The third-order valence-electron chi connectivity index (χ3n) is 3.64. The van der Waals surface area contributed by atoms with Gasteiger partial charge in [-0.25, -0.2) is 0 Å². The number of benzene rings is 1. The van der Waals surface area contributed by atoms with Crippen molar-refractivity contribution in [3.63, 3.8) is 0 Å². The summed E-state index contributed by atoms with van der Waals surface area (Å²) in [4.78, 5) is 8.49.